The van der Waals surface area contributed by atoms with E-state index in [1.807, 2.05) is 75.6 Å². The van der Waals surface area contributed by atoms with Crippen LogP contribution >= 0.6 is 0 Å². The molecule has 142 valence electrons. The van der Waals surface area contributed by atoms with Gasteiger partial charge < -0.3 is 9.84 Å². The van der Waals surface area contributed by atoms with Crippen LogP contribution in [0.5, 0.6) is 0 Å². The third kappa shape index (κ3) is 3.60. The first-order valence-electron chi connectivity index (χ1n) is 8.93. The third-order valence-electron chi connectivity index (χ3n) is 4.83. The second-order valence-electron chi connectivity index (χ2n) is 6.83. The first-order chi connectivity index (χ1) is 13.3. The molecule has 6 nitrogen and oxygen atoms in total. The number of nitrogens with one attached hydrogen (secondary N) is 1. The molecule has 3 aromatic rings. The van der Waals surface area contributed by atoms with Crippen molar-refractivity contribution in [3.8, 4) is 11.9 Å². The van der Waals surface area contributed by atoms with Gasteiger partial charge in [-0.25, -0.2) is 0 Å². The minimum absolute atomic E-state index is 0.0393. The molecule has 3 rings (SSSR count). The number of carbonyl (C=O) groups is 1. The number of hydrogen-bond donors (Lipinski definition) is 1. The van der Waals surface area contributed by atoms with E-state index in [4.69, 9.17) is 4.52 Å². The Hall–Kier alpha value is -3.59. The van der Waals surface area contributed by atoms with Gasteiger partial charge in [0.1, 0.15) is 17.4 Å². The number of aromatic nitrogens is 2. The molecule has 0 unspecified atom stereocenters. The molecule has 0 radical (unpaired) electrons. The normalized spacial score (nSPS) is 11.4. The Bertz CT molecular complexity index is 1130. The second kappa shape index (κ2) is 7.57. The lowest BCUT2D eigenvalue weighted by atomic mass is 10.1. The van der Waals surface area contributed by atoms with Gasteiger partial charge in [-0.3, -0.25) is 9.36 Å². The molecule has 0 aliphatic rings. The maximum atomic E-state index is 12.7. The number of anilines is 1. The molecule has 0 saturated heterocycles. The molecule has 1 N–H and O–H groups in total. The van der Waals surface area contributed by atoms with Crippen LogP contribution in [-0.2, 0) is 4.79 Å². The van der Waals surface area contributed by atoms with Gasteiger partial charge in [0.2, 0.25) is 0 Å². The zero-order chi connectivity index (χ0) is 20.4. The van der Waals surface area contributed by atoms with E-state index in [-0.39, 0.29) is 5.57 Å². The van der Waals surface area contributed by atoms with Crippen molar-refractivity contribution in [2.75, 3.05) is 5.32 Å². The van der Waals surface area contributed by atoms with E-state index in [2.05, 4.69) is 10.5 Å². The highest BCUT2D eigenvalue weighted by molar-refractivity contribution is 6.10. The Labute approximate surface area is 164 Å². The van der Waals surface area contributed by atoms with Crippen LogP contribution in [0.25, 0.3) is 11.9 Å². The topological polar surface area (TPSA) is 83.9 Å². The van der Waals surface area contributed by atoms with Gasteiger partial charge in [0.15, 0.2) is 5.82 Å². The van der Waals surface area contributed by atoms with Crippen LogP contribution in [0.3, 0.4) is 0 Å². The Balaban J connectivity index is 1.94. The first-order valence-corrected chi connectivity index (χ1v) is 8.93. The molecule has 0 aliphatic carbocycles. The summed E-state index contributed by atoms with van der Waals surface area (Å²) in [6.45, 7) is 9.61. The van der Waals surface area contributed by atoms with E-state index >= 15 is 0 Å². The molecule has 0 saturated carbocycles. The van der Waals surface area contributed by atoms with Crippen molar-refractivity contribution in [3.05, 3.63) is 69.7 Å². The standard InChI is InChI=1S/C22H22N4O2/c1-13-7-6-8-20(16(13)4)24-22(27)19(12-23)11-18-9-14(2)26(17(18)5)21-10-15(3)28-25-21/h6-11H,1-5H3,(H,24,27)/b19-11+. The summed E-state index contributed by atoms with van der Waals surface area (Å²) in [5.41, 5.74) is 5.39. The van der Waals surface area contributed by atoms with Gasteiger partial charge in [-0.15, -0.1) is 0 Å². The van der Waals surface area contributed by atoms with Crippen LogP contribution in [0.2, 0.25) is 0 Å². The van der Waals surface area contributed by atoms with Crippen molar-refractivity contribution in [3.63, 3.8) is 0 Å². The number of nitrogens with zero attached hydrogens (tertiary/aromatic N) is 3. The van der Waals surface area contributed by atoms with Gasteiger partial charge in [-0.1, -0.05) is 17.3 Å². The van der Waals surface area contributed by atoms with E-state index < -0.39 is 5.91 Å². The maximum absolute atomic E-state index is 12.7. The summed E-state index contributed by atoms with van der Waals surface area (Å²) in [5.74, 6) is 0.953. The van der Waals surface area contributed by atoms with Crippen molar-refractivity contribution in [1.82, 2.24) is 9.72 Å². The van der Waals surface area contributed by atoms with Gasteiger partial charge in [0, 0.05) is 23.1 Å². The summed E-state index contributed by atoms with van der Waals surface area (Å²) in [6, 6.07) is 11.5. The summed E-state index contributed by atoms with van der Waals surface area (Å²) in [5, 5.41) is 16.4. The van der Waals surface area contributed by atoms with Crippen LogP contribution < -0.4 is 5.32 Å². The maximum Gasteiger partial charge on any atom is 0.266 e. The summed E-state index contributed by atoms with van der Waals surface area (Å²) >= 11 is 0. The molecular weight excluding hydrogens is 352 g/mol. The molecule has 2 heterocycles. The molecule has 2 aromatic heterocycles. The number of rotatable bonds is 4. The minimum atomic E-state index is -0.432. The van der Waals surface area contributed by atoms with Crippen molar-refractivity contribution >= 4 is 17.7 Å². The number of hydrogen-bond acceptors (Lipinski definition) is 4. The highest BCUT2D eigenvalue weighted by Crippen LogP contribution is 2.24. The SMILES string of the molecule is Cc1cc(-n2c(C)cc(/C=C(\C#N)C(=O)Nc3cccc(C)c3C)c2C)no1. The zero-order valence-electron chi connectivity index (χ0n) is 16.6. The fraction of sp³-hybridized carbons (Fsp3) is 0.227. The lowest BCUT2D eigenvalue weighted by Crippen LogP contribution is -2.14. The summed E-state index contributed by atoms with van der Waals surface area (Å²) in [7, 11) is 0. The Morgan fingerprint density at radius 3 is 2.61 bits per heavy atom. The number of nitriles is 1. The molecule has 0 aliphatic heterocycles. The number of carbonyl (C=O) groups excluding carboxylic acids is 1. The predicted octanol–water partition coefficient (Wildman–Crippen LogP) is 4.55. The smallest absolute Gasteiger partial charge is 0.266 e. The molecule has 0 bridgehead atoms. The van der Waals surface area contributed by atoms with Gasteiger partial charge >= 0.3 is 0 Å². The molecule has 6 heteroatoms. The molecule has 0 fully saturated rings. The van der Waals surface area contributed by atoms with Crippen molar-refractivity contribution in [2.45, 2.75) is 34.6 Å². The lowest BCUT2D eigenvalue weighted by Gasteiger charge is -2.09. The quantitative estimate of drug-likeness (QED) is 0.536. The molecule has 0 spiro atoms. The van der Waals surface area contributed by atoms with Gasteiger partial charge in [-0.2, -0.15) is 5.26 Å². The monoisotopic (exact) mass is 374 g/mol. The van der Waals surface area contributed by atoms with Gasteiger partial charge in [0.25, 0.3) is 5.91 Å². The molecule has 1 aromatic carbocycles. The van der Waals surface area contributed by atoms with E-state index in [1.54, 1.807) is 6.08 Å². The van der Waals surface area contributed by atoms with Crippen LogP contribution in [-0.4, -0.2) is 15.6 Å². The Morgan fingerprint density at radius 2 is 1.96 bits per heavy atom. The fourth-order valence-electron chi connectivity index (χ4n) is 3.13. The number of benzene rings is 1. The van der Waals surface area contributed by atoms with Crippen molar-refractivity contribution in [2.24, 2.45) is 0 Å². The van der Waals surface area contributed by atoms with E-state index in [9.17, 15) is 10.1 Å². The van der Waals surface area contributed by atoms with Crippen LogP contribution in [0.1, 0.15) is 33.8 Å². The number of amides is 1. The van der Waals surface area contributed by atoms with E-state index in [0.717, 1.165) is 28.1 Å². The zero-order valence-corrected chi connectivity index (χ0v) is 16.6. The van der Waals surface area contributed by atoms with Crippen LogP contribution in [0.15, 0.2) is 40.4 Å². The summed E-state index contributed by atoms with van der Waals surface area (Å²) in [6.07, 6.45) is 1.60. The third-order valence-corrected chi connectivity index (χ3v) is 4.83. The molecular formula is C22H22N4O2. The van der Waals surface area contributed by atoms with Gasteiger partial charge in [0.05, 0.1) is 0 Å². The average Bonchev–Trinajstić information content (AvgIpc) is 3.19. The van der Waals surface area contributed by atoms with E-state index in [0.29, 0.717) is 17.3 Å². The van der Waals surface area contributed by atoms with Crippen molar-refractivity contribution < 1.29 is 9.32 Å². The molecule has 1 amide bonds. The van der Waals surface area contributed by atoms with Crippen LogP contribution in [0, 0.1) is 45.9 Å². The Morgan fingerprint density at radius 1 is 1.21 bits per heavy atom. The van der Waals surface area contributed by atoms with Gasteiger partial charge in [-0.05, 0) is 69.5 Å². The summed E-state index contributed by atoms with van der Waals surface area (Å²) in [4.78, 5) is 12.7. The van der Waals surface area contributed by atoms with E-state index in [1.165, 1.54) is 0 Å². The second-order valence-corrected chi connectivity index (χ2v) is 6.83. The highest BCUT2D eigenvalue weighted by Gasteiger charge is 2.16. The minimum Gasteiger partial charge on any atom is -0.360 e. The Kier molecular flexibility index (Phi) is 5.18. The van der Waals surface area contributed by atoms with Crippen molar-refractivity contribution in [1.29, 1.82) is 5.26 Å². The molecule has 0 atom stereocenters. The lowest BCUT2D eigenvalue weighted by molar-refractivity contribution is -0.112. The highest BCUT2D eigenvalue weighted by atomic mass is 16.5. The average molecular weight is 374 g/mol. The first kappa shape index (κ1) is 19.2. The fourth-order valence-corrected chi connectivity index (χ4v) is 3.13. The summed E-state index contributed by atoms with van der Waals surface area (Å²) < 4.78 is 7.09. The molecule has 28 heavy (non-hydrogen) atoms. The number of aryl methyl sites for hydroxylation is 3. The predicted molar refractivity (Wildman–Crippen MR) is 108 cm³/mol. The largest absolute Gasteiger partial charge is 0.360 e. The van der Waals surface area contributed by atoms with Crippen LogP contribution in [0.4, 0.5) is 5.69 Å².